The normalized spacial score (nSPS) is 11.8. The second-order valence-electron chi connectivity index (χ2n) is 4.67. The number of hydrogen-bond acceptors (Lipinski definition) is 5. The molecule has 0 saturated heterocycles. The number of imidazole rings is 1. The number of carbonyl (C=O) groups is 1. The van der Waals surface area contributed by atoms with E-state index in [1.165, 1.54) is 11.8 Å². The van der Waals surface area contributed by atoms with Crippen molar-refractivity contribution >= 4 is 23.4 Å². The molecule has 1 unspecified atom stereocenters. The molecule has 22 heavy (non-hydrogen) atoms. The molecule has 1 aromatic carbocycles. The van der Waals surface area contributed by atoms with Crippen molar-refractivity contribution in [1.29, 1.82) is 0 Å². The minimum absolute atomic E-state index is 0.108. The standard InChI is InChI=1S/C15H19N3O3S/c1-10(22-15-16-5-6-18(15)2)14(19)17-11-7-12(20-3)9-13(8-11)21-4/h5-10H,1-4H3,(H,17,19). The first-order valence-corrected chi connectivity index (χ1v) is 7.59. The maximum absolute atomic E-state index is 12.3. The molecular weight excluding hydrogens is 302 g/mol. The fourth-order valence-electron chi connectivity index (χ4n) is 1.80. The van der Waals surface area contributed by atoms with E-state index in [2.05, 4.69) is 10.3 Å². The average molecular weight is 321 g/mol. The summed E-state index contributed by atoms with van der Waals surface area (Å²) in [6.45, 7) is 1.84. The summed E-state index contributed by atoms with van der Waals surface area (Å²) in [5.74, 6) is 1.14. The van der Waals surface area contributed by atoms with E-state index in [9.17, 15) is 4.79 Å². The van der Waals surface area contributed by atoms with Crippen LogP contribution in [0.5, 0.6) is 11.5 Å². The van der Waals surface area contributed by atoms with E-state index in [4.69, 9.17) is 9.47 Å². The van der Waals surface area contributed by atoms with Crippen LogP contribution in [0.1, 0.15) is 6.92 Å². The second kappa shape index (κ2) is 7.22. The van der Waals surface area contributed by atoms with Gasteiger partial charge in [0, 0.05) is 43.3 Å². The monoisotopic (exact) mass is 321 g/mol. The minimum atomic E-state index is -0.279. The van der Waals surface area contributed by atoms with Crippen molar-refractivity contribution in [2.45, 2.75) is 17.3 Å². The smallest absolute Gasteiger partial charge is 0.237 e. The van der Waals surface area contributed by atoms with Gasteiger partial charge in [-0.15, -0.1) is 0 Å². The highest BCUT2D eigenvalue weighted by molar-refractivity contribution is 8.00. The first kappa shape index (κ1) is 16.2. The van der Waals surface area contributed by atoms with E-state index in [0.717, 1.165) is 5.16 Å². The summed E-state index contributed by atoms with van der Waals surface area (Å²) in [5.41, 5.74) is 0.633. The lowest BCUT2D eigenvalue weighted by Gasteiger charge is -2.13. The third-order valence-electron chi connectivity index (χ3n) is 3.05. The fourth-order valence-corrected chi connectivity index (χ4v) is 2.63. The highest BCUT2D eigenvalue weighted by Crippen LogP contribution is 2.27. The van der Waals surface area contributed by atoms with Gasteiger partial charge in [-0.2, -0.15) is 0 Å². The molecule has 0 aliphatic carbocycles. The van der Waals surface area contributed by atoms with Gasteiger partial charge in [-0.3, -0.25) is 4.79 Å². The first-order valence-electron chi connectivity index (χ1n) is 6.71. The first-order chi connectivity index (χ1) is 10.5. The molecule has 118 valence electrons. The average Bonchev–Trinajstić information content (AvgIpc) is 2.91. The van der Waals surface area contributed by atoms with E-state index in [-0.39, 0.29) is 11.2 Å². The number of methoxy groups -OCH3 is 2. The Morgan fingerprint density at radius 3 is 2.41 bits per heavy atom. The molecule has 0 bridgehead atoms. The van der Waals surface area contributed by atoms with Crippen LogP contribution in [0.2, 0.25) is 0 Å². The van der Waals surface area contributed by atoms with Gasteiger partial charge < -0.3 is 19.4 Å². The Bertz CT molecular complexity index is 635. The van der Waals surface area contributed by atoms with E-state index in [0.29, 0.717) is 17.2 Å². The second-order valence-corrected chi connectivity index (χ2v) is 5.98. The van der Waals surface area contributed by atoms with Crippen LogP contribution in [-0.2, 0) is 11.8 Å². The van der Waals surface area contributed by atoms with Crippen LogP contribution < -0.4 is 14.8 Å². The van der Waals surface area contributed by atoms with Crippen molar-refractivity contribution in [3.05, 3.63) is 30.6 Å². The number of ether oxygens (including phenoxy) is 2. The molecule has 2 aromatic rings. The summed E-state index contributed by atoms with van der Waals surface area (Å²) < 4.78 is 12.3. The zero-order chi connectivity index (χ0) is 16.1. The summed E-state index contributed by atoms with van der Waals surface area (Å²) in [6, 6.07) is 5.25. The number of benzene rings is 1. The van der Waals surface area contributed by atoms with Crippen LogP contribution in [0.15, 0.2) is 35.7 Å². The molecule has 1 N–H and O–H groups in total. The van der Waals surface area contributed by atoms with Crippen LogP contribution in [-0.4, -0.2) is 34.9 Å². The number of rotatable bonds is 6. The Balaban J connectivity index is 2.06. The Hall–Kier alpha value is -2.15. The van der Waals surface area contributed by atoms with Crippen molar-refractivity contribution < 1.29 is 14.3 Å². The molecule has 0 aliphatic rings. The third-order valence-corrected chi connectivity index (χ3v) is 4.22. The van der Waals surface area contributed by atoms with Crippen molar-refractivity contribution in [2.75, 3.05) is 19.5 Å². The zero-order valence-corrected chi connectivity index (χ0v) is 13.8. The van der Waals surface area contributed by atoms with Gasteiger partial charge >= 0.3 is 0 Å². The number of carbonyl (C=O) groups excluding carboxylic acids is 1. The van der Waals surface area contributed by atoms with E-state index >= 15 is 0 Å². The molecule has 0 fully saturated rings. The van der Waals surface area contributed by atoms with Crippen molar-refractivity contribution in [1.82, 2.24) is 9.55 Å². The van der Waals surface area contributed by atoms with Crippen LogP contribution in [0.3, 0.4) is 0 Å². The summed E-state index contributed by atoms with van der Waals surface area (Å²) in [4.78, 5) is 16.5. The van der Waals surface area contributed by atoms with Gasteiger partial charge in [-0.1, -0.05) is 11.8 Å². The quantitative estimate of drug-likeness (QED) is 0.828. The Kier molecular flexibility index (Phi) is 5.32. The Labute approximate surface area is 133 Å². The number of nitrogens with zero attached hydrogens (tertiary/aromatic N) is 2. The zero-order valence-electron chi connectivity index (χ0n) is 13.0. The molecule has 7 heteroatoms. The number of nitrogens with one attached hydrogen (secondary N) is 1. The molecule has 2 rings (SSSR count). The maximum Gasteiger partial charge on any atom is 0.237 e. The lowest BCUT2D eigenvalue weighted by Crippen LogP contribution is -2.22. The molecule has 1 atom stereocenters. The summed E-state index contributed by atoms with van der Waals surface area (Å²) in [5, 5.41) is 3.38. The van der Waals surface area contributed by atoms with Gasteiger partial charge in [-0.25, -0.2) is 4.98 Å². The maximum atomic E-state index is 12.3. The number of amides is 1. The fraction of sp³-hybridized carbons (Fsp3) is 0.333. The molecule has 1 amide bonds. The van der Waals surface area contributed by atoms with Gasteiger partial charge in [0.1, 0.15) is 11.5 Å². The van der Waals surface area contributed by atoms with Crippen molar-refractivity contribution in [3.63, 3.8) is 0 Å². The largest absolute Gasteiger partial charge is 0.497 e. The Morgan fingerprint density at radius 2 is 1.91 bits per heavy atom. The summed E-state index contributed by atoms with van der Waals surface area (Å²) in [6.07, 6.45) is 3.56. The molecule has 1 aromatic heterocycles. The number of aryl methyl sites for hydroxylation is 1. The predicted molar refractivity (Wildman–Crippen MR) is 86.7 cm³/mol. The van der Waals surface area contributed by atoms with Gasteiger partial charge in [0.2, 0.25) is 5.91 Å². The van der Waals surface area contributed by atoms with Gasteiger partial charge in [0.15, 0.2) is 5.16 Å². The van der Waals surface area contributed by atoms with Gasteiger partial charge in [0.25, 0.3) is 0 Å². The number of anilines is 1. The lowest BCUT2D eigenvalue weighted by atomic mass is 10.2. The molecule has 0 radical (unpaired) electrons. The number of thioether (sulfide) groups is 1. The molecule has 1 heterocycles. The molecular formula is C15H19N3O3S. The predicted octanol–water partition coefficient (Wildman–Crippen LogP) is 2.56. The van der Waals surface area contributed by atoms with Crippen LogP contribution in [0.4, 0.5) is 5.69 Å². The number of hydrogen-bond donors (Lipinski definition) is 1. The minimum Gasteiger partial charge on any atom is -0.497 e. The molecule has 6 nitrogen and oxygen atoms in total. The molecule has 0 spiro atoms. The van der Waals surface area contributed by atoms with Crippen molar-refractivity contribution in [2.24, 2.45) is 7.05 Å². The van der Waals surface area contributed by atoms with E-state index < -0.39 is 0 Å². The highest BCUT2D eigenvalue weighted by atomic mass is 32.2. The van der Waals surface area contributed by atoms with E-state index in [1.54, 1.807) is 38.6 Å². The van der Waals surface area contributed by atoms with E-state index in [1.807, 2.05) is 24.7 Å². The van der Waals surface area contributed by atoms with Crippen LogP contribution in [0.25, 0.3) is 0 Å². The Morgan fingerprint density at radius 1 is 1.27 bits per heavy atom. The van der Waals surface area contributed by atoms with Crippen LogP contribution >= 0.6 is 11.8 Å². The topological polar surface area (TPSA) is 65.4 Å². The van der Waals surface area contributed by atoms with Crippen LogP contribution in [0, 0.1) is 0 Å². The van der Waals surface area contributed by atoms with Gasteiger partial charge in [-0.05, 0) is 6.92 Å². The number of aromatic nitrogens is 2. The highest BCUT2D eigenvalue weighted by Gasteiger charge is 2.17. The summed E-state index contributed by atoms with van der Waals surface area (Å²) in [7, 11) is 5.03. The third kappa shape index (κ3) is 3.94. The molecule has 0 aliphatic heterocycles. The SMILES string of the molecule is COc1cc(NC(=O)C(C)Sc2nccn2C)cc(OC)c1. The van der Waals surface area contributed by atoms with Crippen molar-refractivity contribution in [3.8, 4) is 11.5 Å². The molecule has 0 saturated carbocycles. The van der Waals surface area contributed by atoms with Gasteiger partial charge in [0.05, 0.1) is 19.5 Å². The summed E-state index contributed by atoms with van der Waals surface area (Å²) >= 11 is 1.40. The lowest BCUT2D eigenvalue weighted by molar-refractivity contribution is -0.115.